The fraction of sp³-hybridized carbons (Fsp3) is 0.684. The van der Waals surface area contributed by atoms with E-state index in [0.29, 0.717) is 6.04 Å². The highest BCUT2D eigenvalue weighted by Crippen LogP contribution is 2.33. The summed E-state index contributed by atoms with van der Waals surface area (Å²) in [5.41, 5.74) is 7.38. The van der Waals surface area contributed by atoms with E-state index < -0.39 is 0 Å². The van der Waals surface area contributed by atoms with Gasteiger partial charge in [0.2, 0.25) is 0 Å². The minimum absolute atomic E-state index is 0.498. The molecule has 21 heavy (non-hydrogen) atoms. The Hall–Kier alpha value is -0.860. The van der Waals surface area contributed by atoms with Gasteiger partial charge in [0.05, 0.1) is 0 Å². The largest absolute Gasteiger partial charge is 0.330 e. The van der Waals surface area contributed by atoms with Crippen molar-refractivity contribution in [3.63, 3.8) is 0 Å². The van der Waals surface area contributed by atoms with Crippen LogP contribution in [0.15, 0.2) is 30.3 Å². The van der Waals surface area contributed by atoms with Crippen LogP contribution in [0.2, 0.25) is 0 Å². The lowest BCUT2D eigenvalue weighted by Crippen LogP contribution is -2.39. The summed E-state index contributed by atoms with van der Waals surface area (Å²) in [4.78, 5) is 2.77. The van der Waals surface area contributed by atoms with Crippen LogP contribution in [0.4, 0.5) is 0 Å². The van der Waals surface area contributed by atoms with Gasteiger partial charge in [-0.05, 0) is 50.3 Å². The fourth-order valence-electron chi connectivity index (χ4n) is 3.59. The first-order chi connectivity index (χ1) is 10.2. The molecule has 2 nitrogen and oxygen atoms in total. The van der Waals surface area contributed by atoms with E-state index in [4.69, 9.17) is 5.73 Å². The molecule has 1 aliphatic rings. The molecule has 1 unspecified atom stereocenters. The van der Waals surface area contributed by atoms with E-state index in [-0.39, 0.29) is 0 Å². The van der Waals surface area contributed by atoms with Gasteiger partial charge in [0, 0.05) is 12.1 Å². The number of hydrogen-bond donors (Lipinski definition) is 1. The lowest BCUT2D eigenvalue weighted by molar-refractivity contribution is 0.122. The van der Waals surface area contributed by atoms with E-state index in [1.54, 1.807) is 0 Å². The van der Waals surface area contributed by atoms with Gasteiger partial charge in [-0.25, -0.2) is 0 Å². The van der Waals surface area contributed by atoms with E-state index >= 15 is 0 Å². The summed E-state index contributed by atoms with van der Waals surface area (Å²) in [6, 6.07) is 12.2. The summed E-state index contributed by atoms with van der Waals surface area (Å²) in [6.45, 7) is 6.63. The predicted octanol–water partition coefficient (Wildman–Crippen LogP) is 4.37. The molecule has 2 heteroatoms. The Morgan fingerprint density at radius 3 is 2.33 bits per heavy atom. The first-order valence-electron chi connectivity index (χ1n) is 8.73. The third-order valence-electron chi connectivity index (χ3n) is 4.78. The molecule has 1 saturated carbocycles. The third kappa shape index (κ3) is 4.82. The maximum absolute atomic E-state index is 5.93. The zero-order valence-corrected chi connectivity index (χ0v) is 13.8. The number of nitrogens with zero attached hydrogens (tertiary/aromatic N) is 1. The Bertz CT molecular complexity index is 382. The van der Waals surface area contributed by atoms with E-state index in [0.717, 1.165) is 24.9 Å². The van der Waals surface area contributed by atoms with Crippen LogP contribution in [0, 0.1) is 5.92 Å². The highest BCUT2D eigenvalue weighted by molar-refractivity contribution is 5.19. The number of nitrogens with two attached hydrogens (primary N) is 1. The number of benzene rings is 1. The summed E-state index contributed by atoms with van der Waals surface area (Å²) in [5, 5.41) is 0. The molecule has 0 saturated heterocycles. The molecule has 0 bridgehead atoms. The summed E-state index contributed by atoms with van der Waals surface area (Å²) >= 11 is 0. The van der Waals surface area contributed by atoms with E-state index in [9.17, 15) is 0 Å². The Balaban J connectivity index is 2.16. The lowest BCUT2D eigenvalue weighted by atomic mass is 9.98. The number of hydrogen-bond acceptors (Lipinski definition) is 2. The van der Waals surface area contributed by atoms with E-state index in [1.165, 1.54) is 44.2 Å². The quantitative estimate of drug-likeness (QED) is 0.769. The zero-order chi connectivity index (χ0) is 15.1. The fourth-order valence-corrected chi connectivity index (χ4v) is 3.59. The molecule has 2 rings (SSSR count). The van der Waals surface area contributed by atoms with Crippen molar-refractivity contribution in [1.29, 1.82) is 0 Å². The van der Waals surface area contributed by atoms with Crippen molar-refractivity contribution < 1.29 is 0 Å². The Kier molecular flexibility index (Phi) is 6.72. The molecule has 1 aromatic rings. The van der Waals surface area contributed by atoms with Gasteiger partial charge in [0.15, 0.2) is 0 Å². The SMILES string of the molecule is CC(C)CCN(C1CCCC1)C(CCN)c1ccccc1. The molecule has 2 N–H and O–H groups in total. The van der Waals surface area contributed by atoms with Crippen molar-refractivity contribution in [1.82, 2.24) is 4.90 Å². The van der Waals surface area contributed by atoms with Crippen molar-refractivity contribution in [2.75, 3.05) is 13.1 Å². The predicted molar refractivity (Wildman–Crippen MR) is 91.3 cm³/mol. The lowest BCUT2D eigenvalue weighted by Gasteiger charge is -2.37. The Labute approximate surface area is 130 Å². The first-order valence-corrected chi connectivity index (χ1v) is 8.73. The molecular formula is C19H32N2. The van der Waals surface area contributed by atoms with E-state index in [1.807, 2.05) is 0 Å². The van der Waals surface area contributed by atoms with Crippen LogP contribution in [-0.4, -0.2) is 24.0 Å². The van der Waals surface area contributed by atoms with Crippen LogP contribution in [-0.2, 0) is 0 Å². The molecule has 1 aliphatic carbocycles. The van der Waals surface area contributed by atoms with Gasteiger partial charge < -0.3 is 5.73 Å². The zero-order valence-electron chi connectivity index (χ0n) is 13.8. The average molecular weight is 288 g/mol. The van der Waals surface area contributed by atoms with Crippen LogP contribution in [0.1, 0.15) is 64.0 Å². The van der Waals surface area contributed by atoms with Crippen LogP contribution in [0.3, 0.4) is 0 Å². The highest BCUT2D eigenvalue weighted by atomic mass is 15.2. The molecule has 1 aromatic carbocycles. The van der Waals surface area contributed by atoms with Gasteiger partial charge in [0.25, 0.3) is 0 Å². The summed E-state index contributed by atoms with van der Waals surface area (Å²) < 4.78 is 0. The molecule has 118 valence electrons. The van der Waals surface area contributed by atoms with Crippen molar-refractivity contribution in [3.8, 4) is 0 Å². The van der Waals surface area contributed by atoms with Crippen LogP contribution < -0.4 is 5.73 Å². The molecule has 1 atom stereocenters. The van der Waals surface area contributed by atoms with Gasteiger partial charge in [0.1, 0.15) is 0 Å². The molecular weight excluding hydrogens is 256 g/mol. The smallest absolute Gasteiger partial charge is 0.0363 e. The summed E-state index contributed by atoms with van der Waals surface area (Å²) in [6.07, 6.45) is 7.88. The van der Waals surface area contributed by atoms with Crippen molar-refractivity contribution in [2.45, 2.75) is 64.5 Å². The molecule has 1 fully saturated rings. The minimum atomic E-state index is 0.498. The normalized spacial score (nSPS) is 17.8. The van der Waals surface area contributed by atoms with E-state index in [2.05, 4.69) is 49.1 Å². The Morgan fingerprint density at radius 2 is 1.76 bits per heavy atom. The minimum Gasteiger partial charge on any atom is -0.330 e. The van der Waals surface area contributed by atoms with Crippen molar-refractivity contribution >= 4 is 0 Å². The second-order valence-electron chi connectivity index (χ2n) is 6.86. The van der Waals surface area contributed by atoms with Gasteiger partial charge >= 0.3 is 0 Å². The monoisotopic (exact) mass is 288 g/mol. The third-order valence-corrected chi connectivity index (χ3v) is 4.78. The molecule has 0 aliphatic heterocycles. The van der Waals surface area contributed by atoms with Gasteiger partial charge in [-0.3, -0.25) is 4.90 Å². The second kappa shape index (κ2) is 8.55. The maximum Gasteiger partial charge on any atom is 0.0363 e. The topological polar surface area (TPSA) is 29.3 Å². The van der Waals surface area contributed by atoms with Crippen LogP contribution in [0.25, 0.3) is 0 Å². The summed E-state index contributed by atoms with van der Waals surface area (Å²) in [5.74, 6) is 0.767. The standard InChI is InChI=1S/C19H32N2/c1-16(2)13-15-21(18-10-6-7-11-18)19(12-14-20)17-8-4-3-5-9-17/h3-5,8-9,16,18-19H,6-7,10-15,20H2,1-2H3. The van der Waals surface area contributed by atoms with Gasteiger partial charge in [-0.1, -0.05) is 57.0 Å². The maximum atomic E-state index is 5.93. The van der Waals surface area contributed by atoms with Crippen LogP contribution >= 0.6 is 0 Å². The Morgan fingerprint density at radius 1 is 1.10 bits per heavy atom. The number of rotatable bonds is 8. The second-order valence-corrected chi connectivity index (χ2v) is 6.86. The highest BCUT2D eigenvalue weighted by Gasteiger charge is 2.29. The van der Waals surface area contributed by atoms with Gasteiger partial charge in [-0.15, -0.1) is 0 Å². The van der Waals surface area contributed by atoms with Crippen molar-refractivity contribution in [3.05, 3.63) is 35.9 Å². The molecule has 0 aromatic heterocycles. The molecule has 0 spiro atoms. The molecule has 0 amide bonds. The molecule has 0 heterocycles. The van der Waals surface area contributed by atoms with Crippen molar-refractivity contribution in [2.24, 2.45) is 11.7 Å². The van der Waals surface area contributed by atoms with Crippen LogP contribution in [0.5, 0.6) is 0 Å². The molecule has 0 radical (unpaired) electrons. The summed E-state index contributed by atoms with van der Waals surface area (Å²) in [7, 11) is 0. The van der Waals surface area contributed by atoms with Gasteiger partial charge in [-0.2, -0.15) is 0 Å². The first kappa shape index (κ1) is 16.5. The average Bonchev–Trinajstić information content (AvgIpc) is 3.01.